The summed E-state index contributed by atoms with van der Waals surface area (Å²) in [5.74, 6) is -0.000600. The quantitative estimate of drug-likeness (QED) is 0.741. The SMILES string of the molecule is CN(C)C(=O)N1CCN(C(=O)c2ccncc2)CC1. The second-order valence-corrected chi connectivity index (χ2v) is 4.69. The Morgan fingerprint density at radius 1 is 1.05 bits per heavy atom. The number of carbonyl (C=O) groups excluding carboxylic acids is 2. The molecule has 0 saturated carbocycles. The maximum absolute atomic E-state index is 12.2. The van der Waals surface area contributed by atoms with Gasteiger partial charge in [-0.25, -0.2) is 4.79 Å². The van der Waals surface area contributed by atoms with Crippen LogP contribution in [0.15, 0.2) is 24.5 Å². The van der Waals surface area contributed by atoms with Crippen LogP contribution < -0.4 is 0 Å². The standard InChI is InChI=1S/C13H18N4O2/c1-15(2)13(19)17-9-7-16(8-10-17)12(18)11-3-5-14-6-4-11/h3-6H,7-10H2,1-2H3. The van der Waals surface area contributed by atoms with Crippen molar-refractivity contribution >= 4 is 11.9 Å². The molecule has 0 aromatic carbocycles. The van der Waals surface area contributed by atoms with Gasteiger partial charge >= 0.3 is 6.03 Å². The summed E-state index contributed by atoms with van der Waals surface area (Å²) in [7, 11) is 3.47. The molecule has 19 heavy (non-hydrogen) atoms. The minimum Gasteiger partial charge on any atom is -0.335 e. The van der Waals surface area contributed by atoms with E-state index in [2.05, 4.69) is 4.98 Å². The smallest absolute Gasteiger partial charge is 0.319 e. The maximum Gasteiger partial charge on any atom is 0.319 e. The van der Waals surface area contributed by atoms with Crippen LogP contribution >= 0.6 is 0 Å². The van der Waals surface area contributed by atoms with Crippen LogP contribution in [0.3, 0.4) is 0 Å². The highest BCUT2D eigenvalue weighted by molar-refractivity contribution is 5.94. The first-order chi connectivity index (χ1) is 9.09. The van der Waals surface area contributed by atoms with Crippen LogP contribution in [-0.2, 0) is 0 Å². The van der Waals surface area contributed by atoms with Crippen LogP contribution in [0.5, 0.6) is 0 Å². The fourth-order valence-electron chi connectivity index (χ4n) is 2.06. The summed E-state index contributed by atoms with van der Waals surface area (Å²) < 4.78 is 0. The van der Waals surface area contributed by atoms with Gasteiger partial charge in [0.15, 0.2) is 0 Å². The Morgan fingerprint density at radius 3 is 2.11 bits per heavy atom. The third-order valence-electron chi connectivity index (χ3n) is 3.15. The topological polar surface area (TPSA) is 56.8 Å². The Labute approximate surface area is 112 Å². The summed E-state index contributed by atoms with van der Waals surface area (Å²) in [6.45, 7) is 2.29. The fraction of sp³-hybridized carbons (Fsp3) is 0.462. The fourth-order valence-corrected chi connectivity index (χ4v) is 2.06. The van der Waals surface area contributed by atoms with Crippen molar-refractivity contribution in [2.24, 2.45) is 0 Å². The minimum absolute atomic E-state index is 0.000600. The Bertz CT molecular complexity index is 453. The Morgan fingerprint density at radius 2 is 1.58 bits per heavy atom. The lowest BCUT2D eigenvalue weighted by Crippen LogP contribution is -2.52. The van der Waals surface area contributed by atoms with E-state index in [0.717, 1.165) is 0 Å². The molecule has 3 amide bonds. The molecule has 6 nitrogen and oxygen atoms in total. The molecule has 1 fully saturated rings. The van der Waals surface area contributed by atoms with Gasteiger partial charge in [0.05, 0.1) is 0 Å². The molecule has 1 aliphatic heterocycles. The normalized spacial score (nSPS) is 15.3. The van der Waals surface area contributed by atoms with Gasteiger partial charge < -0.3 is 14.7 Å². The van der Waals surface area contributed by atoms with Crippen molar-refractivity contribution < 1.29 is 9.59 Å². The van der Waals surface area contributed by atoms with E-state index in [0.29, 0.717) is 31.7 Å². The highest BCUT2D eigenvalue weighted by Crippen LogP contribution is 2.09. The number of piperazine rings is 1. The third-order valence-corrected chi connectivity index (χ3v) is 3.15. The van der Waals surface area contributed by atoms with E-state index in [1.165, 1.54) is 0 Å². The summed E-state index contributed by atoms with van der Waals surface area (Å²) >= 11 is 0. The van der Waals surface area contributed by atoms with E-state index in [1.807, 2.05) is 0 Å². The van der Waals surface area contributed by atoms with Crippen LogP contribution in [0.4, 0.5) is 4.79 Å². The lowest BCUT2D eigenvalue weighted by Gasteiger charge is -2.35. The Balaban J connectivity index is 1.94. The number of hydrogen-bond acceptors (Lipinski definition) is 3. The summed E-state index contributed by atoms with van der Waals surface area (Å²) in [4.78, 5) is 33.0. The molecular weight excluding hydrogens is 244 g/mol. The van der Waals surface area contributed by atoms with Crippen molar-refractivity contribution in [2.75, 3.05) is 40.3 Å². The van der Waals surface area contributed by atoms with E-state index in [4.69, 9.17) is 0 Å². The van der Waals surface area contributed by atoms with Gasteiger partial charge in [0, 0.05) is 58.2 Å². The molecule has 1 aromatic rings. The van der Waals surface area contributed by atoms with Crippen LogP contribution in [0, 0.1) is 0 Å². The summed E-state index contributed by atoms with van der Waals surface area (Å²) in [6.07, 6.45) is 3.22. The molecule has 0 atom stereocenters. The maximum atomic E-state index is 12.2. The van der Waals surface area contributed by atoms with Crippen LogP contribution in [0.1, 0.15) is 10.4 Å². The highest BCUT2D eigenvalue weighted by atomic mass is 16.2. The van der Waals surface area contributed by atoms with Crippen LogP contribution in [0.2, 0.25) is 0 Å². The van der Waals surface area contributed by atoms with Gasteiger partial charge in [-0.1, -0.05) is 0 Å². The molecule has 2 rings (SSSR count). The predicted octanol–water partition coefficient (Wildman–Crippen LogP) is 0.521. The summed E-state index contributed by atoms with van der Waals surface area (Å²) in [5.41, 5.74) is 0.641. The van der Waals surface area contributed by atoms with Crippen molar-refractivity contribution in [1.29, 1.82) is 0 Å². The first kappa shape index (κ1) is 13.3. The number of carbonyl (C=O) groups is 2. The minimum atomic E-state index is -0.00369. The van der Waals surface area contributed by atoms with Gasteiger partial charge in [-0.3, -0.25) is 9.78 Å². The Kier molecular flexibility index (Phi) is 3.99. The Hall–Kier alpha value is -2.11. The molecular formula is C13H18N4O2. The van der Waals surface area contributed by atoms with E-state index in [9.17, 15) is 9.59 Å². The molecule has 2 heterocycles. The lowest BCUT2D eigenvalue weighted by molar-refractivity contribution is 0.0650. The van der Waals surface area contributed by atoms with Gasteiger partial charge in [0.1, 0.15) is 0 Å². The molecule has 0 N–H and O–H groups in total. The molecule has 1 aliphatic rings. The van der Waals surface area contributed by atoms with Gasteiger partial charge in [-0.05, 0) is 12.1 Å². The largest absolute Gasteiger partial charge is 0.335 e. The molecule has 6 heteroatoms. The number of aromatic nitrogens is 1. The second-order valence-electron chi connectivity index (χ2n) is 4.69. The third kappa shape index (κ3) is 3.01. The van der Waals surface area contributed by atoms with Gasteiger partial charge in [0.25, 0.3) is 5.91 Å². The van der Waals surface area contributed by atoms with Crippen LogP contribution in [-0.4, -0.2) is 71.9 Å². The van der Waals surface area contributed by atoms with E-state index >= 15 is 0 Å². The first-order valence-electron chi connectivity index (χ1n) is 6.25. The van der Waals surface area contributed by atoms with Crippen molar-refractivity contribution in [3.63, 3.8) is 0 Å². The second kappa shape index (κ2) is 5.69. The number of nitrogens with zero attached hydrogens (tertiary/aromatic N) is 4. The molecule has 102 valence electrons. The highest BCUT2D eigenvalue weighted by Gasteiger charge is 2.25. The van der Waals surface area contributed by atoms with Crippen LogP contribution in [0.25, 0.3) is 0 Å². The molecule has 0 spiro atoms. The number of rotatable bonds is 1. The average Bonchev–Trinajstić information content (AvgIpc) is 2.46. The molecule has 1 aromatic heterocycles. The number of urea groups is 1. The zero-order valence-electron chi connectivity index (χ0n) is 11.2. The first-order valence-corrected chi connectivity index (χ1v) is 6.25. The molecule has 0 aliphatic carbocycles. The van der Waals surface area contributed by atoms with Gasteiger partial charge in [0.2, 0.25) is 0 Å². The molecule has 0 radical (unpaired) electrons. The number of pyridine rings is 1. The van der Waals surface area contributed by atoms with E-state index < -0.39 is 0 Å². The summed E-state index contributed by atoms with van der Waals surface area (Å²) in [6, 6.07) is 3.41. The number of hydrogen-bond donors (Lipinski definition) is 0. The van der Waals surface area contributed by atoms with E-state index in [-0.39, 0.29) is 11.9 Å². The molecule has 0 bridgehead atoms. The monoisotopic (exact) mass is 262 g/mol. The van der Waals surface area contributed by atoms with Crippen molar-refractivity contribution in [1.82, 2.24) is 19.7 Å². The van der Waals surface area contributed by atoms with E-state index in [1.54, 1.807) is 53.3 Å². The zero-order chi connectivity index (χ0) is 13.8. The number of amides is 3. The van der Waals surface area contributed by atoms with Gasteiger partial charge in [-0.15, -0.1) is 0 Å². The average molecular weight is 262 g/mol. The van der Waals surface area contributed by atoms with Gasteiger partial charge in [-0.2, -0.15) is 0 Å². The summed E-state index contributed by atoms with van der Waals surface area (Å²) in [5, 5.41) is 0. The van der Waals surface area contributed by atoms with Crippen molar-refractivity contribution in [2.45, 2.75) is 0 Å². The predicted molar refractivity (Wildman–Crippen MR) is 70.8 cm³/mol. The van der Waals surface area contributed by atoms with Crippen molar-refractivity contribution in [3.8, 4) is 0 Å². The van der Waals surface area contributed by atoms with Crippen molar-refractivity contribution in [3.05, 3.63) is 30.1 Å². The molecule has 1 saturated heterocycles. The lowest BCUT2D eigenvalue weighted by atomic mass is 10.2. The zero-order valence-corrected chi connectivity index (χ0v) is 11.2. The molecule has 0 unspecified atom stereocenters.